The molecule has 0 fully saturated rings. The van der Waals surface area contributed by atoms with Crippen LogP contribution in [0.5, 0.6) is 5.75 Å². The summed E-state index contributed by atoms with van der Waals surface area (Å²) in [4.78, 5) is 11.6. The third kappa shape index (κ3) is 3.90. The van der Waals surface area contributed by atoms with Gasteiger partial charge in [-0.05, 0) is 36.1 Å². The van der Waals surface area contributed by atoms with Crippen molar-refractivity contribution in [2.45, 2.75) is 30.6 Å². The number of hydrogen-bond donors (Lipinski definition) is 2. The average Bonchev–Trinajstić information content (AvgIpc) is 2.45. The first kappa shape index (κ1) is 14.7. The molecule has 0 atom stereocenters. The Hall–Kier alpha value is -1.68. The van der Waals surface area contributed by atoms with E-state index < -0.39 is 5.97 Å². The summed E-state index contributed by atoms with van der Waals surface area (Å²) in [5.41, 5.74) is 0. The van der Waals surface area contributed by atoms with E-state index in [4.69, 9.17) is 5.11 Å². The first-order valence-corrected chi connectivity index (χ1v) is 7.72. The van der Waals surface area contributed by atoms with Crippen molar-refractivity contribution in [3.8, 4) is 5.75 Å². The lowest BCUT2D eigenvalue weighted by Crippen LogP contribution is -1.93. The number of thioether (sulfide) groups is 1. The van der Waals surface area contributed by atoms with E-state index in [1.54, 1.807) is 17.8 Å². The van der Waals surface area contributed by atoms with Crippen LogP contribution in [-0.2, 0) is 4.79 Å². The van der Waals surface area contributed by atoms with Crippen molar-refractivity contribution in [2.24, 2.45) is 0 Å². The van der Waals surface area contributed by atoms with Gasteiger partial charge in [-0.1, -0.05) is 30.7 Å². The molecule has 0 saturated heterocycles. The number of phenolic OH excluding ortho intramolecular Hbond substituents is 1. The summed E-state index contributed by atoms with van der Waals surface area (Å²) in [6, 6.07) is 11.5. The fourth-order valence-corrected chi connectivity index (χ4v) is 3.18. The van der Waals surface area contributed by atoms with Gasteiger partial charge in [0.25, 0.3) is 0 Å². The second kappa shape index (κ2) is 7.20. The summed E-state index contributed by atoms with van der Waals surface area (Å²) >= 11 is 1.76. The number of carbonyl (C=O) groups is 1. The summed E-state index contributed by atoms with van der Waals surface area (Å²) in [6.07, 6.45) is 2.95. The minimum atomic E-state index is -0.720. The van der Waals surface area contributed by atoms with Gasteiger partial charge in [0.2, 0.25) is 0 Å². The van der Waals surface area contributed by atoms with E-state index in [1.165, 1.54) is 0 Å². The first-order valence-electron chi connectivity index (χ1n) is 6.74. The zero-order valence-corrected chi connectivity index (χ0v) is 12.0. The van der Waals surface area contributed by atoms with Crippen LogP contribution in [0.25, 0.3) is 10.8 Å². The van der Waals surface area contributed by atoms with Gasteiger partial charge in [-0.15, -0.1) is 11.8 Å². The van der Waals surface area contributed by atoms with Crippen LogP contribution in [0.2, 0.25) is 0 Å². The highest BCUT2D eigenvalue weighted by atomic mass is 32.2. The van der Waals surface area contributed by atoms with Crippen LogP contribution in [-0.4, -0.2) is 21.9 Å². The predicted octanol–water partition coefficient (Wildman–Crippen LogP) is 4.28. The third-order valence-corrected chi connectivity index (χ3v) is 4.31. The van der Waals surface area contributed by atoms with E-state index in [0.29, 0.717) is 5.75 Å². The highest BCUT2D eigenvalue weighted by Crippen LogP contribution is 2.33. The Morgan fingerprint density at radius 3 is 2.50 bits per heavy atom. The SMILES string of the molecule is O=C(O)CCCCCSc1ccc(O)c2ccccc12. The number of rotatable bonds is 7. The third-order valence-electron chi connectivity index (χ3n) is 3.15. The van der Waals surface area contributed by atoms with Gasteiger partial charge in [0, 0.05) is 16.7 Å². The molecule has 3 nitrogen and oxygen atoms in total. The quantitative estimate of drug-likeness (QED) is 0.590. The molecule has 2 aromatic carbocycles. The van der Waals surface area contributed by atoms with E-state index >= 15 is 0 Å². The Morgan fingerprint density at radius 1 is 1.00 bits per heavy atom. The van der Waals surface area contributed by atoms with E-state index in [1.807, 2.05) is 30.3 Å². The molecule has 0 saturated carbocycles. The van der Waals surface area contributed by atoms with Crippen molar-refractivity contribution in [3.63, 3.8) is 0 Å². The lowest BCUT2D eigenvalue weighted by molar-refractivity contribution is -0.137. The average molecular weight is 290 g/mol. The molecular formula is C16H18O3S. The zero-order chi connectivity index (χ0) is 14.4. The number of fused-ring (bicyclic) bond motifs is 1. The number of phenols is 1. The van der Waals surface area contributed by atoms with Crippen LogP contribution in [0.15, 0.2) is 41.3 Å². The van der Waals surface area contributed by atoms with Gasteiger partial charge in [-0.25, -0.2) is 0 Å². The molecule has 2 rings (SSSR count). The highest BCUT2D eigenvalue weighted by molar-refractivity contribution is 7.99. The van der Waals surface area contributed by atoms with Crippen molar-refractivity contribution < 1.29 is 15.0 Å². The molecule has 0 unspecified atom stereocenters. The Morgan fingerprint density at radius 2 is 1.75 bits per heavy atom. The van der Waals surface area contributed by atoms with Gasteiger partial charge >= 0.3 is 5.97 Å². The summed E-state index contributed by atoms with van der Waals surface area (Å²) in [6.45, 7) is 0. The molecule has 0 radical (unpaired) electrons. The van der Waals surface area contributed by atoms with Gasteiger partial charge in [0.05, 0.1) is 0 Å². The number of aliphatic carboxylic acids is 1. The molecule has 2 aromatic rings. The maximum atomic E-state index is 10.4. The Bertz CT molecular complexity index is 595. The number of carboxylic acids is 1. The molecule has 0 aliphatic heterocycles. The fraction of sp³-hybridized carbons (Fsp3) is 0.312. The Kier molecular flexibility index (Phi) is 5.30. The molecule has 0 spiro atoms. The summed E-state index contributed by atoms with van der Waals surface area (Å²) in [5, 5.41) is 20.3. The largest absolute Gasteiger partial charge is 0.507 e. The van der Waals surface area contributed by atoms with Crippen LogP contribution in [0.4, 0.5) is 0 Å². The van der Waals surface area contributed by atoms with Gasteiger partial charge in [0.15, 0.2) is 0 Å². The van der Waals surface area contributed by atoms with Crippen molar-refractivity contribution >= 4 is 28.5 Å². The number of benzene rings is 2. The Balaban J connectivity index is 1.90. The minimum absolute atomic E-state index is 0.257. The predicted molar refractivity (Wildman–Crippen MR) is 82.4 cm³/mol. The maximum absolute atomic E-state index is 10.4. The first-order chi connectivity index (χ1) is 9.68. The van der Waals surface area contributed by atoms with Crippen LogP contribution in [0.3, 0.4) is 0 Å². The van der Waals surface area contributed by atoms with Gasteiger partial charge < -0.3 is 10.2 Å². The standard InChI is InChI=1S/C16H18O3S/c17-14-9-10-15(13-7-4-3-6-12(13)14)20-11-5-1-2-8-16(18)19/h3-4,6-7,9-10,17H,1-2,5,8,11H2,(H,18,19). The van der Waals surface area contributed by atoms with Crippen molar-refractivity contribution in [1.29, 1.82) is 0 Å². The molecule has 0 amide bonds. The minimum Gasteiger partial charge on any atom is -0.507 e. The number of unbranched alkanes of at least 4 members (excludes halogenated alkanes) is 2. The topological polar surface area (TPSA) is 57.5 Å². The van der Waals surface area contributed by atoms with Gasteiger partial charge in [-0.3, -0.25) is 4.79 Å². The molecular weight excluding hydrogens is 272 g/mol. The summed E-state index contributed by atoms with van der Waals surface area (Å²) in [5.74, 6) is 0.558. The fourth-order valence-electron chi connectivity index (χ4n) is 2.12. The van der Waals surface area contributed by atoms with Gasteiger partial charge in [-0.2, -0.15) is 0 Å². The summed E-state index contributed by atoms with van der Waals surface area (Å²) in [7, 11) is 0. The lowest BCUT2D eigenvalue weighted by atomic mass is 10.1. The highest BCUT2D eigenvalue weighted by Gasteiger charge is 2.05. The maximum Gasteiger partial charge on any atom is 0.303 e. The van der Waals surface area contributed by atoms with Crippen LogP contribution in [0, 0.1) is 0 Å². The summed E-state index contributed by atoms with van der Waals surface area (Å²) < 4.78 is 0. The van der Waals surface area contributed by atoms with E-state index in [9.17, 15) is 9.90 Å². The molecule has 0 aliphatic rings. The molecule has 20 heavy (non-hydrogen) atoms. The number of hydrogen-bond acceptors (Lipinski definition) is 3. The van der Waals surface area contributed by atoms with Gasteiger partial charge in [0.1, 0.15) is 5.75 Å². The number of aromatic hydroxyl groups is 1. The van der Waals surface area contributed by atoms with E-state index in [2.05, 4.69) is 0 Å². The Labute approximate surface area is 122 Å². The zero-order valence-electron chi connectivity index (χ0n) is 11.2. The second-order valence-corrected chi connectivity index (χ2v) is 5.82. The molecule has 4 heteroatoms. The molecule has 0 heterocycles. The van der Waals surface area contributed by atoms with E-state index in [0.717, 1.165) is 40.7 Å². The van der Waals surface area contributed by atoms with Crippen molar-refractivity contribution in [3.05, 3.63) is 36.4 Å². The second-order valence-electron chi connectivity index (χ2n) is 4.68. The lowest BCUT2D eigenvalue weighted by Gasteiger charge is -2.07. The number of carboxylic acid groups (broad SMARTS) is 1. The molecule has 106 valence electrons. The monoisotopic (exact) mass is 290 g/mol. The molecule has 0 aromatic heterocycles. The van der Waals surface area contributed by atoms with Crippen molar-refractivity contribution in [1.82, 2.24) is 0 Å². The normalized spacial score (nSPS) is 10.8. The van der Waals surface area contributed by atoms with Crippen molar-refractivity contribution in [2.75, 3.05) is 5.75 Å². The van der Waals surface area contributed by atoms with Crippen LogP contribution >= 0.6 is 11.8 Å². The smallest absolute Gasteiger partial charge is 0.303 e. The molecule has 2 N–H and O–H groups in total. The van der Waals surface area contributed by atoms with Crippen LogP contribution in [0.1, 0.15) is 25.7 Å². The van der Waals surface area contributed by atoms with Crippen LogP contribution < -0.4 is 0 Å². The molecule has 0 bridgehead atoms. The molecule has 0 aliphatic carbocycles. The van der Waals surface area contributed by atoms with E-state index in [-0.39, 0.29) is 6.42 Å².